The van der Waals surface area contributed by atoms with Crippen molar-refractivity contribution in [3.8, 4) is 0 Å². The fourth-order valence-corrected chi connectivity index (χ4v) is 2.09. The average Bonchev–Trinajstić information content (AvgIpc) is 2.32. The molecule has 0 aliphatic heterocycles. The van der Waals surface area contributed by atoms with Crippen LogP contribution < -0.4 is 0 Å². The Bertz CT molecular complexity index is 602. The average molecular weight is 281 g/mol. The number of aryl methyl sites for hydroxylation is 1. The predicted molar refractivity (Wildman–Crippen MR) is 71.6 cm³/mol. The van der Waals surface area contributed by atoms with Crippen LogP contribution in [0.3, 0.4) is 0 Å². The van der Waals surface area contributed by atoms with Crippen LogP contribution in [0.2, 0.25) is 5.02 Å². The quantitative estimate of drug-likeness (QED) is 0.939. The second-order valence-electron chi connectivity index (χ2n) is 4.42. The Labute approximate surface area is 116 Å². The van der Waals surface area contributed by atoms with Crippen LogP contribution in [0.5, 0.6) is 0 Å². The maximum absolute atomic E-state index is 12.9. The van der Waals surface area contributed by atoms with Gasteiger partial charge in [0.1, 0.15) is 11.6 Å². The highest BCUT2D eigenvalue weighted by Gasteiger charge is 2.10. The van der Waals surface area contributed by atoms with E-state index in [1.54, 1.807) is 19.2 Å². The lowest BCUT2D eigenvalue weighted by molar-refractivity contribution is 0.197. The maximum Gasteiger partial charge on any atom is 0.132 e. The van der Waals surface area contributed by atoms with Gasteiger partial charge >= 0.3 is 0 Å². The van der Waals surface area contributed by atoms with E-state index in [0.29, 0.717) is 22.8 Å². The Morgan fingerprint density at radius 3 is 2.74 bits per heavy atom. The second kappa shape index (κ2) is 5.63. The number of hydrogen-bond donors (Lipinski definition) is 1. The van der Waals surface area contributed by atoms with E-state index in [0.717, 1.165) is 11.3 Å². The molecule has 1 heterocycles. The van der Waals surface area contributed by atoms with Gasteiger partial charge in [0.15, 0.2) is 0 Å². The molecule has 2 rings (SSSR count). The lowest BCUT2D eigenvalue weighted by atomic mass is 10.1. The minimum atomic E-state index is -0.594. The van der Waals surface area contributed by atoms with Gasteiger partial charge in [-0.2, -0.15) is 0 Å². The van der Waals surface area contributed by atoms with Crippen LogP contribution in [0.25, 0.3) is 0 Å². The van der Waals surface area contributed by atoms with Gasteiger partial charge in [-0.25, -0.2) is 14.4 Å². The summed E-state index contributed by atoms with van der Waals surface area (Å²) >= 11 is 5.97. The normalized spacial score (nSPS) is 12.5. The van der Waals surface area contributed by atoms with Crippen molar-refractivity contribution in [2.75, 3.05) is 0 Å². The van der Waals surface area contributed by atoms with E-state index in [4.69, 9.17) is 11.6 Å². The number of rotatable bonds is 3. The van der Waals surface area contributed by atoms with Crippen LogP contribution in [-0.4, -0.2) is 15.1 Å². The van der Waals surface area contributed by atoms with Crippen molar-refractivity contribution < 1.29 is 9.50 Å². The van der Waals surface area contributed by atoms with Crippen LogP contribution in [0, 0.1) is 12.7 Å². The van der Waals surface area contributed by atoms with Gasteiger partial charge in [-0.1, -0.05) is 17.7 Å². The number of benzene rings is 1. The third-order valence-electron chi connectivity index (χ3n) is 2.88. The number of aliphatic hydroxyl groups is 1. The molecule has 5 heteroatoms. The number of aromatic nitrogens is 2. The van der Waals surface area contributed by atoms with Crippen LogP contribution in [-0.2, 0) is 6.42 Å². The van der Waals surface area contributed by atoms with Crippen molar-refractivity contribution in [2.45, 2.75) is 26.4 Å². The maximum atomic E-state index is 12.9. The molecule has 19 heavy (non-hydrogen) atoms. The molecule has 3 nitrogen and oxygen atoms in total. The monoisotopic (exact) mass is 280 g/mol. The third-order valence-corrected chi connectivity index (χ3v) is 3.23. The highest BCUT2D eigenvalue weighted by molar-refractivity contribution is 6.31. The van der Waals surface area contributed by atoms with Crippen molar-refractivity contribution in [3.63, 3.8) is 0 Å². The molecule has 0 amide bonds. The molecule has 1 N–H and O–H groups in total. The highest BCUT2D eigenvalue weighted by atomic mass is 35.5. The van der Waals surface area contributed by atoms with Crippen molar-refractivity contribution in [2.24, 2.45) is 0 Å². The summed E-state index contributed by atoms with van der Waals surface area (Å²) < 4.78 is 12.9. The minimum absolute atomic E-state index is 0.362. The number of halogens is 2. The van der Waals surface area contributed by atoms with Crippen LogP contribution >= 0.6 is 11.6 Å². The summed E-state index contributed by atoms with van der Waals surface area (Å²) in [5.41, 5.74) is 2.21. The zero-order valence-electron chi connectivity index (χ0n) is 10.7. The first-order chi connectivity index (χ1) is 8.97. The van der Waals surface area contributed by atoms with Crippen LogP contribution in [0.1, 0.15) is 35.7 Å². The van der Waals surface area contributed by atoms with E-state index in [1.165, 1.54) is 12.1 Å². The Hall–Kier alpha value is -1.52. The smallest absolute Gasteiger partial charge is 0.132 e. The third kappa shape index (κ3) is 3.28. The summed E-state index contributed by atoms with van der Waals surface area (Å²) in [5.74, 6) is 0.228. The predicted octanol–water partition coefficient (Wildman–Crippen LogP) is 3.22. The van der Waals surface area contributed by atoms with Crippen molar-refractivity contribution in [3.05, 3.63) is 57.9 Å². The molecule has 0 bridgehead atoms. The number of hydrogen-bond acceptors (Lipinski definition) is 3. The topological polar surface area (TPSA) is 46.0 Å². The molecule has 0 saturated heterocycles. The van der Waals surface area contributed by atoms with Crippen molar-refractivity contribution >= 4 is 11.6 Å². The molecule has 0 fully saturated rings. The van der Waals surface area contributed by atoms with Gasteiger partial charge in [-0.3, -0.25) is 0 Å². The summed E-state index contributed by atoms with van der Waals surface area (Å²) in [6.07, 6.45) is 1.45. The van der Waals surface area contributed by atoms with Gasteiger partial charge in [0, 0.05) is 28.9 Å². The summed E-state index contributed by atoms with van der Waals surface area (Å²) in [6.45, 7) is 3.49. The molecule has 1 atom stereocenters. The largest absolute Gasteiger partial charge is 0.389 e. The molecule has 0 aliphatic rings. The summed E-state index contributed by atoms with van der Waals surface area (Å²) in [5, 5.41) is 9.88. The van der Waals surface area contributed by atoms with Gasteiger partial charge in [-0.15, -0.1) is 0 Å². The molecule has 2 aromatic rings. The molecule has 1 aromatic heterocycles. The molecule has 0 radical (unpaired) electrons. The fourth-order valence-electron chi connectivity index (χ4n) is 1.86. The van der Waals surface area contributed by atoms with Gasteiger partial charge in [0.05, 0.1) is 6.10 Å². The van der Waals surface area contributed by atoms with Crippen LogP contribution in [0.15, 0.2) is 24.4 Å². The lowest BCUT2D eigenvalue weighted by Crippen LogP contribution is -2.04. The summed E-state index contributed by atoms with van der Waals surface area (Å²) in [7, 11) is 0. The van der Waals surface area contributed by atoms with E-state index >= 15 is 0 Å². The molecule has 0 spiro atoms. The molecule has 0 aliphatic carbocycles. The van der Waals surface area contributed by atoms with E-state index in [2.05, 4.69) is 9.97 Å². The van der Waals surface area contributed by atoms with Gasteiger partial charge in [0.25, 0.3) is 0 Å². The summed E-state index contributed by atoms with van der Waals surface area (Å²) in [6, 6.07) is 4.26. The molecule has 100 valence electrons. The Balaban J connectivity index is 2.26. The minimum Gasteiger partial charge on any atom is -0.389 e. The van der Waals surface area contributed by atoms with E-state index in [-0.39, 0.29) is 5.82 Å². The standard InChI is InChI=1S/C14H14ClFN2O/c1-8-12(9(2)19)7-17-14(18-8)5-10-3-4-11(16)6-13(10)15/h3-4,6-7,9,19H,5H2,1-2H3/t9-/m1/s1. The van der Waals surface area contributed by atoms with E-state index < -0.39 is 6.10 Å². The zero-order valence-corrected chi connectivity index (χ0v) is 11.4. The van der Waals surface area contributed by atoms with Gasteiger partial charge in [0.2, 0.25) is 0 Å². The first-order valence-electron chi connectivity index (χ1n) is 5.92. The highest BCUT2D eigenvalue weighted by Crippen LogP contribution is 2.20. The van der Waals surface area contributed by atoms with Gasteiger partial charge < -0.3 is 5.11 Å². The number of aliphatic hydroxyl groups excluding tert-OH is 1. The Morgan fingerprint density at radius 2 is 2.16 bits per heavy atom. The Morgan fingerprint density at radius 1 is 1.42 bits per heavy atom. The zero-order chi connectivity index (χ0) is 14.0. The SMILES string of the molecule is Cc1nc(Cc2ccc(F)cc2Cl)ncc1[C@@H](C)O. The molecule has 0 unspecified atom stereocenters. The summed E-state index contributed by atoms with van der Waals surface area (Å²) in [4.78, 5) is 8.53. The number of nitrogens with zero attached hydrogens (tertiary/aromatic N) is 2. The first-order valence-corrected chi connectivity index (χ1v) is 6.29. The van der Waals surface area contributed by atoms with E-state index in [9.17, 15) is 9.50 Å². The second-order valence-corrected chi connectivity index (χ2v) is 4.82. The Kier molecular flexibility index (Phi) is 4.12. The van der Waals surface area contributed by atoms with E-state index in [1.807, 2.05) is 6.92 Å². The lowest BCUT2D eigenvalue weighted by Gasteiger charge is -2.09. The van der Waals surface area contributed by atoms with Crippen molar-refractivity contribution in [1.29, 1.82) is 0 Å². The van der Waals surface area contributed by atoms with Gasteiger partial charge in [-0.05, 0) is 31.5 Å². The molecule has 0 saturated carbocycles. The molecule has 1 aromatic carbocycles. The van der Waals surface area contributed by atoms with Crippen LogP contribution in [0.4, 0.5) is 4.39 Å². The fraction of sp³-hybridized carbons (Fsp3) is 0.286. The first kappa shape index (κ1) is 13.9. The van der Waals surface area contributed by atoms with Crippen molar-refractivity contribution in [1.82, 2.24) is 9.97 Å². The molecular formula is C14H14ClFN2O. The molecular weight excluding hydrogens is 267 g/mol.